The Balaban J connectivity index is 1.72. The number of rotatable bonds is 6. The van der Waals surface area contributed by atoms with E-state index in [9.17, 15) is 35.1 Å². The second-order valence-corrected chi connectivity index (χ2v) is 8.09. The molecule has 0 unspecified atom stereocenters. The third-order valence-electron chi connectivity index (χ3n) is 5.64. The van der Waals surface area contributed by atoms with Gasteiger partial charge in [-0.3, -0.25) is 9.59 Å². The molecule has 3 aromatic rings. The van der Waals surface area contributed by atoms with Gasteiger partial charge in [0.2, 0.25) is 12.0 Å². The third kappa shape index (κ3) is 4.79. The number of aliphatic hydroxyl groups excluding tert-OH is 3. The van der Waals surface area contributed by atoms with E-state index in [0.717, 1.165) is 13.0 Å². The van der Waals surface area contributed by atoms with E-state index in [1.165, 1.54) is 25.3 Å². The Morgan fingerprint density at radius 1 is 1.03 bits per heavy atom. The summed E-state index contributed by atoms with van der Waals surface area (Å²) >= 11 is 0. The van der Waals surface area contributed by atoms with E-state index in [1.807, 2.05) is 0 Å². The van der Waals surface area contributed by atoms with E-state index in [2.05, 4.69) is 0 Å². The molecule has 0 spiro atoms. The van der Waals surface area contributed by atoms with E-state index in [4.69, 9.17) is 23.4 Å². The molecule has 2 aromatic carbocycles. The number of carbonyl (C=O) groups is 1. The molecule has 12 nitrogen and oxygen atoms in total. The minimum atomic E-state index is -1.78. The maximum atomic E-state index is 12.9. The smallest absolute Gasteiger partial charge is 0.302 e. The lowest BCUT2D eigenvalue weighted by atomic mass is 9.99. The summed E-state index contributed by atoms with van der Waals surface area (Å²) in [6.45, 7) is 0.704. The number of hydrogen-bond donors (Lipinski definition) is 5. The van der Waals surface area contributed by atoms with Crippen LogP contribution < -0.4 is 14.9 Å². The van der Waals surface area contributed by atoms with E-state index in [-0.39, 0.29) is 28.2 Å². The number of esters is 1. The number of aliphatic hydroxyl groups is 3. The Hall–Kier alpha value is -3.84. The summed E-state index contributed by atoms with van der Waals surface area (Å²) < 4.78 is 26.9. The van der Waals surface area contributed by atoms with Crippen LogP contribution in [0.4, 0.5) is 0 Å². The normalized spacial score (nSPS) is 23.9. The first-order valence-electron chi connectivity index (χ1n) is 10.8. The fourth-order valence-electron chi connectivity index (χ4n) is 3.76. The Labute approximate surface area is 203 Å². The Morgan fingerprint density at radius 3 is 2.36 bits per heavy atom. The second-order valence-electron chi connectivity index (χ2n) is 8.09. The van der Waals surface area contributed by atoms with Crippen molar-refractivity contribution in [1.29, 1.82) is 0 Å². The number of phenols is 2. The minimum absolute atomic E-state index is 0.0304. The van der Waals surface area contributed by atoms with Crippen molar-refractivity contribution < 1.29 is 53.7 Å². The van der Waals surface area contributed by atoms with Gasteiger partial charge >= 0.3 is 5.97 Å². The number of phenolic OH excluding ortho intramolecular Hbond substituents is 2. The predicted octanol–water partition coefficient (Wildman–Crippen LogP) is 0.629. The first-order chi connectivity index (χ1) is 17.1. The van der Waals surface area contributed by atoms with Gasteiger partial charge in [-0.25, -0.2) is 0 Å². The lowest BCUT2D eigenvalue weighted by Gasteiger charge is -2.40. The zero-order chi connectivity index (χ0) is 26.1. The molecule has 36 heavy (non-hydrogen) atoms. The lowest BCUT2D eigenvalue weighted by molar-refractivity contribution is -0.278. The van der Waals surface area contributed by atoms with E-state index in [0.29, 0.717) is 5.56 Å². The average molecular weight is 504 g/mol. The molecule has 0 bridgehead atoms. The van der Waals surface area contributed by atoms with Crippen molar-refractivity contribution in [2.45, 2.75) is 37.6 Å². The molecular weight excluding hydrogens is 480 g/mol. The first kappa shape index (κ1) is 25.3. The summed E-state index contributed by atoms with van der Waals surface area (Å²) in [6.07, 6.45) is -8.03. The topological polar surface area (TPSA) is 185 Å². The van der Waals surface area contributed by atoms with Crippen molar-refractivity contribution in [3.05, 3.63) is 46.6 Å². The third-order valence-corrected chi connectivity index (χ3v) is 5.64. The van der Waals surface area contributed by atoms with Gasteiger partial charge in [0.25, 0.3) is 0 Å². The number of fused-ring (bicyclic) bond motifs is 1. The summed E-state index contributed by atoms with van der Waals surface area (Å²) in [5, 5.41) is 50.9. The number of hydrogen-bond acceptors (Lipinski definition) is 12. The molecule has 1 saturated heterocycles. The molecular formula is C24H24O12. The van der Waals surface area contributed by atoms with Crippen LogP contribution >= 0.6 is 0 Å². The van der Waals surface area contributed by atoms with Crippen molar-refractivity contribution in [3.63, 3.8) is 0 Å². The van der Waals surface area contributed by atoms with E-state index in [1.54, 1.807) is 12.1 Å². The lowest BCUT2D eigenvalue weighted by Crippen LogP contribution is -2.60. The van der Waals surface area contributed by atoms with E-state index < -0.39 is 60.2 Å². The number of ether oxygens (including phenoxy) is 4. The summed E-state index contributed by atoms with van der Waals surface area (Å²) in [5.41, 5.74) is -0.172. The van der Waals surface area contributed by atoms with Crippen LogP contribution in [0.2, 0.25) is 0 Å². The Morgan fingerprint density at radius 2 is 1.72 bits per heavy atom. The highest BCUT2D eigenvalue weighted by atomic mass is 16.7. The standard InChI is InChI=1S/C24H24O12/c1-10(25)33-9-17-19(28)21(30)22(31)24(35-17)36-23-16(32-2)8-15-18(20(23)29)13(27)7-14(34-15)11-3-5-12(26)6-4-11/h3-8,17,19,21-22,24,26,28-31H,9H2,1-2H3/t17-,19-,21+,22-,24+/m1/s1. The van der Waals surface area contributed by atoms with Crippen LogP contribution in [0.3, 0.4) is 0 Å². The van der Waals surface area contributed by atoms with Gasteiger partial charge in [-0.1, -0.05) is 0 Å². The highest BCUT2D eigenvalue weighted by Crippen LogP contribution is 2.43. The summed E-state index contributed by atoms with van der Waals surface area (Å²) in [6, 6.07) is 8.36. The summed E-state index contributed by atoms with van der Waals surface area (Å²) in [5.74, 6) is -1.63. The summed E-state index contributed by atoms with van der Waals surface area (Å²) in [7, 11) is 1.26. The molecule has 1 aromatic heterocycles. The second kappa shape index (κ2) is 10.0. The van der Waals surface area contributed by atoms with Crippen LogP contribution in [0.5, 0.6) is 23.0 Å². The minimum Gasteiger partial charge on any atom is -0.508 e. The SMILES string of the molecule is COc1cc2oc(-c3ccc(O)cc3)cc(=O)c2c(O)c1O[C@@H]1O[C@H](COC(C)=O)[C@@H](O)[C@H](O)[C@H]1O. The molecule has 1 fully saturated rings. The molecule has 0 radical (unpaired) electrons. The molecule has 5 N–H and O–H groups in total. The van der Waals surface area contributed by atoms with Crippen LogP contribution in [0.25, 0.3) is 22.3 Å². The van der Waals surface area contributed by atoms with Crippen molar-refractivity contribution in [2.24, 2.45) is 0 Å². The summed E-state index contributed by atoms with van der Waals surface area (Å²) in [4.78, 5) is 24.0. The highest BCUT2D eigenvalue weighted by Gasteiger charge is 2.46. The molecule has 1 aliphatic rings. The fourth-order valence-corrected chi connectivity index (χ4v) is 3.76. The van der Waals surface area contributed by atoms with E-state index >= 15 is 0 Å². The number of methoxy groups -OCH3 is 1. The number of benzene rings is 2. The van der Waals surface area contributed by atoms with Crippen LogP contribution in [-0.2, 0) is 14.3 Å². The van der Waals surface area contributed by atoms with Crippen LogP contribution in [0.1, 0.15) is 6.92 Å². The Kier molecular flexibility index (Phi) is 7.04. The van der Waals surface area contributed by atoms with Crippen LogP contribution in [0.15, 0.2) is 45.6 Å². The number of aromatic hydroxyl groups is 2. The quantitative estimate of drug-likeness (QED) is 0.295. The maximum absolute atomic E-state index is 12.9. The van der Waals surface area contributed by atoms with Gasteiger partial charge in [-0.2, -0.15) is 0 Å². The first-order valence-corrected chi connectivity index (χ1v) is 10.8. The molecule has 5 atom stereocenters. The van der Waals surface area contributed by atoms with Gasteiger partial charge < -0.3 is 48.9 Å². The Bertz CT molecular complexity index is 1320. The van der Waals surface area contributed by atoms with Gasteiger partial charge in [-0.15, -0.1) is 0 Å². The highest BCUT2D eigenvalue weighted by molar-refractivity contribution is 5.89. The monoisotopic (exact) mass is 504 g/mol. The van der Waals surface area contributed by atoms with Crippen molar-refractivity contribution in [3.8, 4) is 34.3 Å². The molecule has 0 aliphatic carbocycles. The van der Waals surface area contributed by atoms with Crippen molar-refractivity contribution >= 4 is 16.9 Å². The molecule has 12 heteroatoms. The van der Waals surface area contributed by atoms with Gasteiger partial charge in [0.05, 0.1) is 7.11 Å². The molecule has 0 saturated carbocycles. The van der Waals surface area contributed by atoms with Crippen LogP contribution in [-0.4, -0.2) is 75.9 Å². The van der Waals surface area contributed by atoms with Gasteiger partial charge in [-0.05, 0) is 24.3 Å². The van der Waals surface area contributed by atoms with Crippen LogP contribution in [0, 0.1) is 0 Å². The molecule has 4 rings (SSSR count). The number of carbonyl (C=O) groups excluding carboxylic acids is 1. The molecule has 1 aliphatic heterocycles. The molecule has 2 heterocycles. The predicted molar refractivity (Wildman–Crippen MR) is 122 cm³/mol. The molecule has 192 valence electrons. The van der Waals surface area contributed by atoms with Crippen molar-refractivity contribution in [1.82, 2.24) is 0 Å². The van der Waals surface area contributed by atoms with Crippen molar-refractivity contribution in [2.75, 3.05) is 13.7 Å². The van der Waals surface area contributed by atoms with Gasteiger partial charge in [0.15, 0.2) is 16.9 Å². The average Bonchev–Trinajstić information content (AvgIpc) is 2.84. The molecule has 0 amide bonds. The van der Waals surface area contributed by atoms with Gasteiger partial charge in [0.1, 0.15) is 53.5 Å². The zero-order valence-corrected chi connectivity index (χ0v) is 19.2. The van der Waals surface area contributed by atoms with Gasteiger partial charge in [0, 0.05) is 24.6 Å². The maximum Gasteiger partial charge on any atom is 0.302 e. The fraction of sp³-hybridized carbons (Fsp3) is 0.333. The largest absolute Gasteiger partial charge is 0.508 e. The zero-order valence-electron chi connectivity index (χ0n) is 19.2.